The molecule has 2 aromatic carbocycles. The standard InChI is InChI=1S/C19H27NO/c1-14(2)12-15(3)21-13-19(20-4)18-11-7-9-16-8-5-6-10-17(16)18/h5-11,14-15,19-20H,12-13H2,1-4H3. The van der Waals surface area contributed by atoms with Gasteiger partial charge in [-0.15, -0.1) is 0 Å². The predicted molar refractivity (Wildman–Crippen MR) is 90.6 cm³/mol. The molecule has 0 fully saturated rings. The van der Waals surface area contributed by atoms with Gasteiger partial charge in [-0.25, -0.2) is 0 Å². The number of benzene rings is 2. The van der Waals surface area contributed by atoms with Gasteiger partial charge in [-0.1, -0.05) is 56.3 Å². The van der Waals surface area contributed by atoms with Crippen LogP contribution in [0.4, 0.5) is 0 Å². The molecule has 114 valence electrons. The van der Waals surface area contributed by atoms with Crippen molar-refractivity contribution in [1.82, 2.24) is 5.32 Å². The van der Waals surface area contributed by atoms with E-state index in [1.807, 2.05) is 7.05 Å². The number of hydrogen-bond donors (Lipinski definition) is 1. The van der Waals surface area contributed by atoms with E-state index in [-0.39, 0.29) is 6.04 Å². The van der Waals surface area contributed by atoms with E-state index in [4.69, 9.17) is 4.74 Å². The van der Waals surface area contributed by atoms with Gasteiger partial charge in [0.1, 0.15) is 0 Å². The van der Waals surface area contributed by atoms with E-state index >= 15 is 0 Å². The topological polar surface area (TPSA) is 21.3 Å². The lowest BCUT2D eigenvalue weighted by Gasteiger charge is -2.22. The molecule has 0 aliphatic carbocycles. The molecule has 0 aliphatic heterocycles. The highest BCUT2D eigenvalue weighted by atomic mass is 16.5. The maximum Gasteiger partial charge on any atom is 0.0665 e. The number of likely N-dealkylation sites (N-methyl/N-ethyl adjacent to an activating group) is 1. The third-order valence-electron chi connectivity index (χ3n) is 3.90. The number of nitrogens with one attached hydrogen (secondary N) is 1. The van der Waals surface area contributed by atoms with Crippen LogP contribution in [0.5, 0.6) is 0 Å². The van der Waals surface area contributed by atoms with Crippen LogP contribution in [0, 0.1) is 5.92 Å². The summed E-state index contributed by atoms with van der Waals surface area (Å²) in [5.41, 5.74) is 1.31. The molecule has 2 rings (SSSR count). The Balaban J connectivity index is 2.13. The maximum absolute atomic E-state index is 6.05. The first-order chi connectivity index (χ1) is 10.1. The van der Waals surface area contributed by atoms with Gasteiger partial charge in [0.15, 0.2) is 0 Å². The lowest BCUT2D eigenvalue weighted by molar-refractivity contribution is 0.0385. The quantitative estimate of drug-likeness (QED) is 0.805. The lowest BCUT2D eigenvalue weighted by Crippen LogP contribution is -2.25. The summed E-state index contributed by atoms with van der Waals surface area (Å²) < 4.78 is 6.05. The van der Waals surface area contributed by atoms with Crippen LogP contribution in [0.3, 0.4) is 0 Å². The van der Waals surface area contributed by atoms with E-state index in [9.17, 15) is 0 Å². The van der Waals surface area contributed by atoms with Crippen molar-refractivity contribution in [2.45, 2.75) is 39.3 Å². The monoisotopic (exact) mass is 285 g/mol. The molecule has 21 heavy (non-hydrogen) atoms. The Labute approximate surface area is 128 Å². The fraction of sp³-hybridized carbons (Fsp3) is 0.474. The highest BCUT2D eigenvalue weighted by molar-refractivity contribution is 5.86. The first kappa shape index (κ1) is 16.0. The van der Waals surface area contributed by atoms with Crippen molar-refractivity contribution in [2.75, 3.05) is 13.7 Å². The molecular formula is C19H27NO. The van der Waals surface area contributed by atoms with E-state index in [1.54, 1.807) is 0 Å². The SMILES string of the molecule is CNC(COC(C)CC(C)C)c1cccc2ccccc12. The van der Waals surface area contributed by atoms with E-state index in [1.165, 1.54) is 16.3 Å². The van der Waals surface area contributed by atoms with Crippen LogP contribution in [0.2, 0.25) is 0 Å². The van der Waals surface area contributed by atoms with Crippen molar-refractivity contribution < 1.29 is 4.74 Å². The highest BCUT2D eigenvalue weighted by Gasteiger charge is 2.14. The third kappa shape index (κ3) is 4.29. The zero-order valence-corrected chi connectivity index (χ0v) is 13.6. The third-order valence-corrected chi connectivity index (χ3v) is 3.90. The number of ether oxygens (including phenoxy) is 1. The Hall–Kier alpha value is -1.38. The summed E-state index contributed by atoms with van der Waals surface area (Å²) in [6.45, 7) is 7.34. The van der Waals surface area contributed by atoms with Crippen LogP contribution in [-0.2, 0) is 4.74 Å². The van der Waals surface area contributed by atoms with Gasteiger partial charge in [0.05, 0.1) is 18.8 Å². The average Bonchev–Trinajstić information content (AvgIpc) is 2.47. The second-order valence-electron chi connectivity index (χ2n) is 6.18. The predicted octanol–water partition coefficient (Wildman–Crippen LogP) is 4.55. The molecule has 0 amide bonds. The van der Waals surface area contributed by atoms with E-state index in [2.05, 4.69) is 68.6 Å². The molecular weight excluding hydrogens is 258 g/mol. The summed E-state index contributed by atoms with van der Waals surface area (Å²) in [6, 6.07) is 15.2. The molecule has 0 aliphatic rings. The molecule has 2 heteroatoms. The number of fused-ring (bicyclic) bond motifs is 1. The molecule has 0 radical (unpaired) electrons. The molecule has 2 aromatic rings. The molecule has 0 heterocycles. The second kappa shape index (κ2) is 7.58. The van der Waals surface area contributed by atoms with Crippen molar-refractivity contribution in [2.24, 2.45) is 5.92 Å². The number of rotatable bonds is 7. The van der Waals surface area contributed by atoms with Gasteiger partial charge >= 0.3 is 0 Å². The Kier molecular flexibility index (Phi) is 5.77. The molecule has 1 N–H and O–H groups in total. The Morgan fingerprint density at radius 1 is 1.00 bits per heavy atom. The van der Waals surface area contributed by atoms with Crippen LogP contribution >= 0.6 is 0 Å². The van der Waals surface area contributed by atoms with Gasteiger partial charge < -0.3 is 10.1 Å². The van der Waals surface area contributed by atoms with Gasteiger partial charge in [0.2, 0.25) is 0 Å². The molecule has 2 unspecified atom stereocenters. The van der Waals surface area contributed by atoms with Gasteiger partial charge in [-0.2, -0.15) is 0 Å². The molecule has 0 bridgehead atoms. The van der Waals surface area contributed by atoms with Gasteiger partial charge in [0, 0.05) is 0 Å². The number of hydrogen-bond acceptors (Lipinski definition) is 2. The summed E-state index contributed by atoms with van der Waals surface area (Å²) in [7, 11) is 2.00. The first-order valence-electron chi connectivity index (χ1n) is 7.88. The first-order valence-corrected chi connectivity index (χ1v) is 7.88. The largest absolute Gasteiger partial charge is 0.377 e. The van der Waals surface area contributed by atoms with Gasteiger partial charge in [-0.05, 0) is 42.6 Å². The summed E-state index contributed by atoms with van der Waals surface area (Å²) >= 11 is 0. The molecule has 2 nitrogen and oxygen atoms in total. The maximum atomic E-state index is 6.05. The molecule has 2 atom stereocenters. The van der Waals surface area contributed by atoms with E-state index in [0.717, 1.165) is 6.42 Å². The van der Waals surface area contributed by atoms with Crippen molar-refractivity contribution in [3.63, 3.8) is 0 Å². The lowest BCUT2D eigenvalue weighted by atomic mass is 9.99. The van der Waals surface area contributed by atoms with Crippen LogP contribution in [0.25, 0.3) is 10.8 Å². The smallest absolute Gasteiger partial charge is 0.0665 e. The van der Waals surface area contributed by atoms with E-state index in [0.29, 0.717) is 18.6 Å². The van der Waals surface area contributed by atoms with E-state index < -0.39 is 0 Å². The Morgan fingerprint density at radius 2 is 1.71 bits per heavy atom. The fourth-order valence-electron chi connectivity index (χ4n) is 2.88. The zero-order chi connectivity index (χ0) is 15.2. The van der Waals surface area contributed by atoms with Gasteiger partial charge in [-0.3, -0.25) is 0 Å². The highest BCUT2D eigenvalue weighted by Crippen LogP contribution is 2.25. The molecule has 0 saturated heterocycles. The normalized spacial score (nSPS) is 14.5. The van der Waals surface area contributed by atoms with Crippen LogP contribution in [-0.4, -0.2) is 19.8 Å². The van der Waals surface area contributed by atoms with Crippen LogP contribution in [0.15, 0.2) is 42.5 Å². The minimum Gasteiger partial charge on any atom is -0.377 e. The van der Waals surface area contributed by atoms with Gasteiger partial charge in [0.25, 0.3) is 0 Å². The molecule has 0 saturated carbocycles. The zero-order valence-electron chi connectivity index (χ0n) is 13.6. The Bertz CT molecular complexity index is 559. The Morgan fingerprint density at radius 3 is 2.43 bits per heavy atom. The van der Waals surface area contributed by atoms with Crippen LogP contribution < -0.4 is 5.32 Å². The summed E-state index contributed by atoms with van der Waals surface area (Å²) in [5.74, 6) is 0.672. The summed E-state index contributed by atoms with van der Waals surface area (Å²) in [6.07, 6.45) is 1.40. The van der Waals surface area contributed by atoms with Crippen molar-refractivity contribution in [3.05, 3.63) is 48.0 Å². The summed E-state index contributed by atoms with van der Waals surface area (Å²) in [5, 5.41) is 5.98. The minimum absolute atomic E-state index is 0.228. The fourth-order valence-corrected chi connectivity index (χ4v) is 2.88. The van der Waals surface area contributed by atoms with Crippen LogP contribution in [0.1, 0.15) is 38.8 Å². The molecule has 0 aromatic heterocycles. The second-order valence-corrected chi connectivity index (χ2v) is 6.18. The minimum atomic E-state index is 0.228. The molecule has 0 spiro atoms. The van der Waals surface area contributed by atoms with Crippen molar-refractivity contribution >= 4 is 10.8 Å². The van der Waals surface area contributed by atoms with Crippen molar-refractivity contribution in [1.29, 1.82) is 0 Å². The summed E-state index contributed by atoms with van der Waals surface area (Å²) in [4.78, 5) is 0. The van der Waals surface area contributed by atoms with Crippen molar-refractivity contribution in [3.8, 4) is 0 Å². The average molecular weight is 285 g/mol.